The second-order valence-corrected chi connectivity index (χ2v) is 9.55. The molecule has 3 nitrogen and oxygen atoms in total. The van der Waals surface area contributed by atoms with Gasteiger partial charge in [-0.25, -0.2) is 0 Å². The number of likely N-dealkylation sites (tertiary alicyclic amines) is 1. The Kier molecular flexibility index (Phi) is 8.44. The molecule has 5 heteroatoms. The van der Waals surface area contributed by atoms with Gasteiger partial charge in [-0.3, -0.25) is 9.69 Å². The maximum absolute atomic E-state index is 12.6. The Morgan fingerprint density at radius 3 is 2.82 bits per heavy atom. The molecule has 1 fully saturated rings. The van der Waals surface area contributed by atoms with Crippen molar-refractivity contribution in [3.05, 3.63) is 69.7 Å². The number of carbonyl (C=O) groups is 1. The zero-order valence-corrected chi connectivity index (χ0v) is 18.9. The van der Waals surface area contributed by atoms with Gasteiger partial charge in [-0.2, -0.15) is 11.8 Å². The molecule has 150 valence electrons. The number of halogens is 1. The van der Waals surface area contributed by atoms with Crippen LogP contribution in [0, 0.1) is 12.8 Å². The van der Waals surface area contributed by atoms with Crippen molar-refractivity contribution in [3.63, 3.8) is 0 Å². The number of nitrogens with one attached hydrogen (secondary N) is 1. The molecule has 0 bridgehead atoms. The lowest BCUT2D eigenvalue weighted by atomic mass is 9.96. The van der Waals surface area contributed by atoms with E-state index >= 15 is 0 Å². The minimum Gasteiger partial charge on any atom is -0.355 e. The molecule has 1 aliphatic rings. The monoisotopic (exact) mass is 460 g/mol. The summed E-state index contributed by atoms with van der Waals surface area (Å²) in [6.45, 7) is 5.70. The Morgan fingerprint density at radius 2 is 2.04 bits per heavy atom. The molecule has 3 rings (SSSR count). The van der Waals surface area contributed by atoms with Crippen LogP contribution in [-0.4, -0.2) is 36.2 Å². The molecule has 0 saturated carbocycles. The highest BCUT2D eigenvalue weighted by Crippen LogP contribution is 2.20. The quantitative estimate of drug-likeness (QED) is 0.561. The van der Waals surface area contributed by atoms with Crippen LogP contribution < -0.4 is 5.32 Å². The van der Waals surface area contributed by atoms with Gasteiger partial charge < -0.3 is 5.32 Å². The molecule has 1 N–H and O–H groups in total. The molecule has 1 aliphatic heterocycles. The minimum absolute atomic E-state index is 0.114. The number of aryl methyl sites for hydroxylation is 1. The van der Waals surface area contributed by atoms with E-state index < -0.39 is 0 Å². The summed E-state index contributed by atoms with van der Waals surface area (Å²) in [5, 5.41) is 3.15. The molecule has 0 aromatic heterocycles. The highest BCUT2D eigenvalue weighted by molar-refractivity contribution is 9.10. The Hall–Kier alpha value is -1.30. The average Bonchev–Trinajstić information content (AvgIpc) is 2.69. The van der Waals surface area contributed by atoms with E-state index in [1.165, 1.54) is 16.7 Å². The number of hydrogen-bond donors (Lipinski definition) is 1. The maximum Gasteiger partial charge on any atom is 0.224 e. The number of carbonyl (C=O) groups excluding carboxylic acids is 1. The molecule has 0 aliphatic carbocycles. The Bertz CT molecular complexity index is 765. The number of piperidine rings is 1. The number of amides is 1. The van der Waals surface area contributed by atoms with E-state index in [0.29, 0.717) is 0 Å². The molecule has 1 atom stereocenters. The van der Waals surface area contributed by atoms with E-state index in [0.717, 1.165) is 55.0 Å². The number of benzene rings is 2. The molecule has 1 unspecified atom stereocenters. The summed E-state index contributed by atoms with van der Waals surface area (Å²) in [7, 11) is 0. The van der Waals surface area contributed by atoms with Gasteiger partial charge in [0.15, 0.2) is 0 Å². The third kappa shape index (κ3) is 6.94. The Morgan fingerprint density at radius 1 is 1.21 bits per heavy atom. The van der Waals surface area contributed by atoms with Crippen molar-refractivity contribution in [2.75, 3.05) is 25.4 Å². The highest BCUT2D eigenvalue weighted by Gasteiger charge is 2.25. The van der Waals surface area contributed by atoms with Crippen LogP contribution in [0.25, 0.3) is 0 Å². The molecular weight excluding hydrogens is 432 g/mol. The fraction of sp³-hybridized carbons (Fsp3) is 0.435. The molecule has 2 aromatic rings. The van der Waals surface area contributed by atoms with E-state index in [4.69, 9.17) is 0 Å². The van der Waals surface area contributed by atoms with Crippen molar-refractivity contribution < 1.29 is 4.79 Å². The number of thioether (sulfide) groups is 1. The van der Waals surface area contributed by atoms with E-state index in [-0.39, 0.29) is 11.8 Å². The van der Waals surface area contributed by atoms with Crippen LogP contribution in [0.1, 0.15) is 29.5 Å². The van der Waals surface area contributed by atoms with Crippen molar-refractivity contribution >= 4 is 33.6 Å². The molecule has 1 saturated heterocycles. The zero-order valence-electron chi connectivity index (χ0n) is 16.5. The van der Waals surface area contributed by atoms with Crippen LogP contribution in [0.2, 0.25) is 0 Å². The second-order valence-electron chi connectivity index (χ2n) is 7.53. The normalized spacial score (nSPS) is 17.4. The van der Waals surface area contributed by atoms with E-state index in [1.807, 2.05) is 17.8 Å². The van der Waals surface area contributed by atoms with Crippen LogP contribution in [0.4, 0.5) is 0 Å². The van der Waals surface area contributed by atoms with Gasteiger partial charge >= 0.3 is 0 Å². The van der Waals surface area contributed by atoms with Gasteiger partial charge in [-0.1, -0.05) is 57.9 Å². The van der Waals surface area contributed by atoms with Crippen LogP contribution in [0.5, 0.6) is 0 Å². The standard InChI is InChI=1S/C23H29BrN2OS/c1-18-7-9-19(10-8-18)17-28-13-11-25-23(27)21-5-3-12-26(16-21)15-20-4-2-6-22(24)14-20/h2,4,6-10,14,21H,3,5,11-13,15-17H2,1H3,(H,25,27). The van der Waals surface area contributed by atoms with Crippen molar-refractivity contribution in [2.45, 2.75) is 32.1 Å². The van der Waals surface area contributed by atoms with Crippen molar-refractivity contribution in [2.24, 2.45) is 5.92 Å². The summed E-state index contributed by atoms with van der Waals surface area (Å²) in [5.74, 6) is 2.28. The van der Waals surface area contributed by atoms with Crippen LogP contribution in [0.3, 0.4) is 0 Å². The van der Waals surface area contributed by atoms with Crippen molar-refractivity contribution in [1.29, 1.82) is 0 Å². The maximum atomic E-state index is 12.6. The fourth-order valence-corrected chi connectivity index (χ4v) is 4.84. The van der Waals surface area contributed by atoms with E-state index in [2.05, 4.69) is 75.5 Å². The van der Waals surface area contributed by atoms with Crippen LogP contribution in [0.15, 0.2) is 53.0 Å². The Balaban J connectivity index is 1.36. The van der Waals surface area contributed by atoms with Gasteiger partial charge in [-0.05, 0) is 49.6 Å². The lowest BCUT2D eigenvalue weighted by Gasteiger charge is -2.32. The third-order valence-corrected chi connectivity index (χ3v) is 6.63. The van der Waals surface area contributed by atoms with Gasteiger partial charge in [0.1, 0.15) is 0 Å². The predicted octanol–water partition coefficient (Wildman–Crippen LogP) is 5.02. The SMILES string of the molecule is Cc1ccc(CSCCNC(=O)C2CCCN(Cc3cccc(Br)c3)C2)cc1. The largest absolute Gasteiger partial charge is 0.355 e. The predicted molar refractivity (Wildman–Crippen MR) is 122 cm³/mol. The first-order chi connectivity index (χ1) is 13.6. The summed E-state index contributed by atoms with van der Waals surface area (Å²) in [6, 6.07) is 17.1. The summed E-state index contributed by atoms with van der Waals surface area (Å²) in [6.07, 6.45) is 2.09. The van der Waals surface area contributed by atoms with Gasteiger partial charge in [0, 0.05) is 35.6 Å². The molecule has 0 radical (unpaired) electrons. The number of hydrogen-bond acceptors (Lipinski definition) is 3. The molecule has 1 amide bonds. The highest BCUT2D eigenvalue weighted by atomic mass is 79.9. The lowest BCUT2D eigenvalue weighted by molar-refractivity contribution is -0.126. The van der Waals surface area contributed by atoms with Gasteiger partial charge in [0.2, 0.25) is 5.91 Å². The summed E-state index contributed by atoms with van der Waals surface area (Å²) < 4.78 is 1.11. The Labute approximate surface area is 181 Å². The van der Waals surface area contributed by atoms with Crippen molar-refractivity contribution in [3.8, 4) is 0 Å². The van der Waals surface area contributed by atoms with Crippen LogP contribution >= 0.6 is 27.7 Å². The minimum atomic E-state index is 0.114. The van der Waals surface area contributed by atoms with E-state index in [9.17, 15) is 4.79 Å². The average molecular weight is 461 g/mol. The first-order valence-corrected chi connectivity index (χ1v) is 11.9. The van der Waals surface area contributed by atoms with Gasteiger partial charge in [0.25, 0.3) is 0 Å². The molecular formula is C23H29BrN2OS. The third-order valence-electron chi connectivity index (χ3n) is 5.11. The number of rotatable bonds is 8. The summed E-state index contributed by atoms with van der Waals surface area (Å²) >= 11 is 5.41. The second kappa shape index (κ2) is 11.0. The molecule has 28 heavy (non-hydrogen) atoms. The summed E-state index contributed by atoms with van der Waals surface area (Å²) in [4.78, 5) is 15.0. The summed E-state index contributed by atoms with van der Waals surface area (Å²) in [5.41, 5.74) is 3.93. The molecule has 1 heterocycles. The smallest absolute Gasteiger partial charge is 0.224 e. The lowest BCUT2D eigenvalue weighted by Crippen LogP contribution is -2.43. The topological polar surface area (TPSA) is 32.3 Å². The molecule has 2 aromatic carbocycles. The van der Waals surface area contributed by atoms with Crippen molar-refractivity contribution in [1.82, 2.24) is 10.2 Å². The first-order valence-electron chi connectivity index (χ1n) is 9.98. The fourth-order valence-electron chi connectivity index (χ4n) is 3.57. The van der Waals surface area contributed by atoms with E-state index in [1.54, 1.807) is 0 Å². The number of nitrogens with zero attached hydrogens (tertiary/aromatic N) is 1. The zero-order chi connectivity index (χ0) is 19.8. The van der Waals surface area contributed by atoms with Gasteiger partial charge in [0.05, 0.1) is 5.92 Å². The van der Waals surface area contributed by atoms with Crippen LogP contribution in [-0.2, 0) is 17.1 Å². The van der Waals surface area contributed by atoms with Gasteiger partial charge in [-0.15, -0.1) is 0 Å². The molecule has 0 spiro atoms. The first kappa shape index (κ1) is 21.4.